The van der Waals surface area contributed by atoms with Crippen LogP contribution in [0.5, 0.6) is 0 Å². The number of likely N-dealkylation sites (tertiary alicyclic amines) is 1. The van der Waals surface area contributed by atoms with Gasteiger partial charge in [0.2, 0.25) is 0 Å². The van der Waals surface area contributed by atoms with Gasteiger partial charge in [-0.1, -0.05) is 30.3 Å². The van der Waals surface area contributed by atoms with Gasteiger partial charge in [0.05, 0.1) is 6.20 Å². The Morgan fingerprint density at radius 3 is 2.81 bits per heavy atom. The topological polar surface area (TPSA) is 41.3 Å². The second-order valence-electron chi connectivity index (χ2n) is 5.92. The first-order chi connectivity index (χ1) is 10.2. The highest BCUT2D eigenvalue weighted by atomic mass is 16.3. The molecule has 1 fully saturated rings. The van der Waals surface area contributed by atoms with E-state index in [4.69, 9.17) is 0 Å². The van der Waals surface area contributed by atoms with Crippen molar-refractivity contribution in [3.8, 4) is 0 Å². The minimum atomic E-state index is -0.763. The Bertz CT molecular complexity index is 581. The standard InChI is InChI=1S/C17H23N3O/c1-2-20-13-16(11-18-20)17(21)9-6-10-19(14-17)12-15-7-4-3-5-8-15/h3-5,7-8,11,13,21H,2,6,9-10,12,14H2,1H3. The molecule has 1 aliphatic heterocycles. The van der Waals surface area contributed by atoms with Crippen molar-refractivity contribution < 1.29 is 5.11 Å². The van der Waals surface area contributed by atoms with Gasteiger partial charge in [0.25, 0.3) is 0 Å². The number of rotatable bonds is 4. The lowest BCUT2D eigenvalue weighted by molar-refractivity contribution is -0.0382. The summed E-state index contributed by atoms with van der Waals surface area (Å²) in [5, 5.41) is 15.3. The molecule has 0 spiro atoms. The van der Waals surface area contributed by atoms with E-state index in [2.05, 4.69) is 41.2 Å². The van der Waals surface area contributed by atoms with E-state index < -0.39 is 5.60 Å². The Morgan fingerprint density at radius 2 is 2.10 bits per heavy atom. The Balaban J connectivity index is 1.72. The SMILES string of the molecule is CCn1cc(C2(O)CCCN(Cc3ccccc3)C2)cn1. The average molecular weight is 285 g/mol. The van der Waals surface area contributed by atoms with Crippen molar-refractivity contribution >= 4 is 0 Å². The van der Waals surface area contributed by atoms with Crippen molar-refractivity contribution in [1.29, 1.82) is 0 Å². The quantitative estimate of drug-likeness (QED) is 0.938. The minimum absolute atomic E-state index is 0.678. The average Bonchev–Trinajstić information content (AvgIpc) is 2.98. The number of nitrogens with zero attached hydrogens (tertiary/aromatic N) is 3. The smallest absolute Gasteiger partial charge is 0.105 e. The van der Waals surface area contributed by atoms with Crippen LogP contribution in [0.3, 0.4) is 0 Å². The summed E-state index contributed by atoms with van der Waals surface area (Å²) in [6.07, 6.45) is 5.62. The van der Waals surface area contributed by atoms with E-state index in [0.717, 1.165) is 38.0 Å². The van der Waals surface area contributed by atoms with Crippen LogP contribution in [0.15, 0.2) is 42.7 Å². The van der Waals surface area contributed by atoms with E-state index in [9.17, 15) is 5.11 Å². The molecule has 21 heavy (non-hydrogen) atoms. The summed E-state index contributed by atoms with van der Waals surface area (Å²) in [7, 11) is 0. The highest BCUT2D eigenvalue weighted by Gasteiger charge is 2.35. The van der Waals surface area contributed by atoms with Crippen LogP contribution in [0, 0.1) is 0 Å². The van der Waals surface area contributed by atoms with Crippen LogP contribution in [-0.2, 0) is 18.7 Å². The lowest BCUT2D eigenvalue weighted by Crippen LogP contribution is -2.45. The molecule has 4 heteroatoms. The molecule has 4 nitrogen and oxygen atoms in total. The summed E-state index contributed by atoms with van der Waals surface area (Å²) in [6.45, 7) is 5.51. The first kappa shape index (κ1) is 14.3. The number of hydrogen-bond donors (Lipinski definition) is 1. The van der Waals surface area contributed by atoms with Crippen LogP contribution in [0.4, 0.5) is 0 Å². The molecule has 0 saturated carbocycles. The summed E-state index contributed by atoms with van der Waals surface area (Å²) in [5.74, 6) is 0. The molecule has 0 bridgehead atoms. The van der Waals surface area contributed by atoms with Gasteiger partial charge >= 0.3 is 0 Å². The number of benzene rings is 1. The summed E-state index contributed by atoms with van der Waals surface area (Å²) in [5.41, 5.74) is 1.48. The molecule has 1 saturated heterocycles. The zero-order chi connectivity index (χ0) is 14.7. The zero-order valence-corrected chi connectivity index (χ0v) is 12.6. The number of aliphatic hydroxyl groups is 1. The van der Waals surface area contributed by atoms with Gasteiger partial charge in [0, 0.05) is 31.4 Å². The van der Waals surface area contributed by atoms with Gasteiger partial charge in [-0.3, -0.25) is 9.58 Å². The third-order valence-electron chi connectivity index (χ3n) is 4.29. The maximum atomic E-state index is 11.0. The highest BCUT2D eigenvalue weighted by Crippen LogP contribution is 2.31. The molecule has 112 valence electrons. The van der Waals surface area contributed by atoms with Gasteiger partial charge in [-0.05, 0) is 31.9 Å². The van der Waals surface area contributed by atoms with E-state index in [-0.39, 0.29) is 0 Å². The Labute approximate surface area is 126 Å². The highest BCUT2D eigenvalue weighted by molar-refractivity contribution is 5.18. The number of β-amino-alcohol motifs (C(OH)–C–C–N with tert-alkyl or cyclic N) is 1. The van der Waals surface area contributed by atoms with Crippen molar-refractivity contribution in [3.63, 3.8) is 0 Å². The number of aryl methyl sites for hydroxylation is 1. The maximum absolute atomic E-state index is 11.0. The molecule has 0 aliphatic carbocycles. The van der Waals surface area contributed by atoms with Gasteiger partial charge in [0.1, 0.15) is 5.60 Å². The van der Waals surface area contributed by atoms with E-state index in [0.29, 0.717) is 6.54 Å². The Morgan fingerprint density at radius 1 is 1.29 bits per heavy atom. The predicted octanol–water partition coefficient (Wildman–Crippen LogP) is 2.39. The van der Waals surface area contributed by atoms with Crippen LogP contribution in [0.25, 0.3) is 0 Å². The zero-order valence-electron chi connectivity index (χ0n) is 12.6. The monoisotopic (exact) mass is 285 g/mol. The van der Waals surface area contributed by atoms with Crippen LogP contribution in [0.1, 0.15) is 30.9 Å². The van der Waals surface area contributed by atoms with E-state index in [1.807, 2.05) is 23.1 Å². The molecule has 1 atom stereocenters. The second kappa shape index (κ2) is 6.00. The first-order valence-corrected chi connectivity index (χ1v) is 7.71. The van der Waals surface area contributed by atoms with E-state index in [1.54, 1.807) is 0 Å². The molecule has 1 aromatic heterocycles. The van der Waals surface area contributed by atoms with Gasteiger partial charge in [-0.15, -0.1) is 0 Å². The number of piperidine rings is 1. The summed E-state index contributed by atoms with van der Waals surface area (Å²) in [6, 6.07) is 10.5. The molecular weight excluding hydrogens is 262 g/mol. The molecule has 2 aromatic rings. The largest absolute Gasteiger partial charge is 0.384 e. The molecule has 1 aliphatic rings. The number of aromatic nitrogens is 2. The molecule has 0 radical (unpaired) electrons. The molecule has 3 rings (SSSR count). The fourth-order valence-corrected chi connectivity index (χ4v) is 3.11. The first-order valence-electron chi connectivity index (χ1n) is 7.71. The normalized spacial score (nSPS) is 23.3. The minimum Gasteiger partial charge on any atom is -0.384 e. The lowest BCUT2D eigenvalue weighted by Gasteiger charge is -2.38. The van der Waals surface area contributed by atoms with Gasteiger partial charge in [-0.25, -0.2) is 0 Å². The summed E-state index contributed by atoms with van der Waals surface area (Å²) < 4.78 is 1.88. The van der Waals surface area contributed by atoms with Gasteiger partial charge in [-0.2, -0.15) is 5.10 Å². The van der Waals surface area contributed by atoms with Crippen molar-refractivity contribution in [2.24, 2.45) is 0 Å². The Kier molecular flexibility index (Phi) is 4.08. The third kappa shape index (κ3) is 3.17. The molecule has 1 N–H and O–H groups in total. The fourth-order valence-electron chi connectivity index (χ4n) is 3.11. The third-order valence-corrected chi connectivity index (χ3v) is 4.29. The molecular formula is C17H23N3O. The van der Waals surface area contributed by atoms with Gasteiger partial charge < -0.3 is 5.11 Å². The molecule has 0 amide bonds. The van der Waals surface area contributed by atoms with Crippen molar-refractivity contribution in [3.05, 3.63) is 53.9 Å². The van der Waals surface area contributed by atoms with Crippen molar-refractivity contribution in [1.82, 2.24) is 14.7 Å². The predicted molar refractivity (Wildman–Crippen MR) is 82.8 cm³/mol. The number of hydrogen-bond acceptors (Lipinski definition) is 3. The Hall–Kier alpha value is -1.65. The summed E-state index contributed by atoms with van der Waals surface area (Å²) in [4.78, 5) is 2.34. The van der Waals surface area contributed by atoms with Crippen molar-refractivity contribution in [2.75, 3.05) is 13.1 Å². The lowest BCUT2D eigenvalue weighted by atomic mass is 9.87. The van der Waals surface area contributed by atoms with Crippen LogP contribution < -0.4 is 0 Å². The fraction of sp³-hybridized carbons (Fsp3) is 0.471. The van der Waals surface area contributed by atoms with Crippen molar-refractivity contribution in [2.45, 2.75) is 38.5 Å². The molecule has 1 aromatic carbocycles. The maximum Gasteiger partial charge on any atom is 0.105 e. The summed E-state index contributed by atoms with van der Waals surface area (Å²) >= 11 is 0. The van der Waals surface area contributed by atoms with Gasteiger partial charge in [0.15, 0.2) is 0 Å². The van der Waals surface area contributed by atoms with E-state index in [1.165, 1.54) is 5.56 Å². The molecule has 2 heterocycles. The van der Waals surface area contributed by atoms with Crippen LogP contribution in [-0.4, -0.2) is 32.9 Å². The van der Waals surface area contributed by atoms with E-state index >= 15 is 0 Å². The van der Waals surface area contributed by atoms with Crippen LogP contribution >= 0.6 is 0 Å². The molecule has 1 unspecified atom stereocenters. The second-order valence-corrected chi connectivity index (χ2v) is 5.92. The van der Waals surface area contributed by atoms with Crippen LogP contribution in [0.2, 0.25) is 0 Å².